The predicted octanol–water partition coefficient (Wildman–Crippen LogP) is 1.99. The van der Waals surface area contributed by atoms with Crippen molar-refractivity contribution in [1.29, 1.82) is 0 Å². The van der Waals surface area contributed by atoms with Crippen molar-refractivity contribution in [1.82, 2.24) is 5.32 Å². The first-order valence-electron chi connectivity index (χ1n) is 8.42. The number of ether oxygens (including phenoxy) is 1. The summed E-state index contributed by atoms with van der Waals surface area (Å²) in [4.78, 5) is 48.2. The molecule has 1 aromatic rings. The second kappa shape index (κ2) is 7.07. The highest BCUT2D eigenvalue weighted by Crippen LogP contribution is 2.42. The number of nitro groups is 1. The topological polar surface area (TPSA) is 116 Å². The van der Waals surface area contributed by atoms with Crippen LogP contribution in [0.3, 0.4) is 0 Å². The van der Waals surface area contributed by atoms with E-state index in [1.54, 1.807) is 13.0 Å². The molecule has 26 heavy (non-hydrogen) atoms. The van der Waals surface area contributed by atoms with Crippen molar-refractivity contribution in [3.8, 4) is 0 Å². The Morgan fingerprint density at radius 2 is 2.12 bits per heavy atom. The third-order valence-corrected chi connectivity index (χ3v) is 4.64. The summed E-state index contributed by atoms with van der Waals surface area (Å²) < 4.78 is 5.03. The fourth-order valence-electron chi connectivity index (χ4n) is 3.56. The Morgan fingerprint density at radius 1 is 1.35 bits per heavy atom. The van der Waals surface area contributed by atoms with E-state index in [0.29, 0.717) is 36.1 Å². The van der Waals surface area contributed by atoms with E-state index >= 15 is 0 Å². The summed E-state index contributed by atoms with van der Waals surface area (Å²) in [6, 6.07) is 5.70. The van der Waals surface area contributed by atoms with Crippen LogP contribution in [0.4, 0.5) is 5.69 Å². The van der Waals surface area contributed by atoms with Gasteiger partial charge in [-0.2, -0.15) is 0 Å². The molecule has 0 saturated carbocycles. The molecule has 2 unspecified atom stereocenters. The van der Waals surface area contributed by atoms with E-state index in [1.165, 1.54) is 18.2 Å². The number of nitrogens with zero attached hydrogens (tertiary/aromatic N) is 1. The molecule has 1 aromatic carbocycles. The van der Waals surface area contributed by atoms with E-state index in [0.717, 1.165) is 0 Å². The number of nitrogens with one attached hydrogen (secondary N) is 1. The zero-order chi connectivity index (χ0) is 18.8. The molecule has 0 spiro atoms. The van der Waals surface area contributed by atoms with Gasteiger partial charge in [-0.15, -0.1) is 0 Å². The van der Waals surface area contributed by atoms with Gasteiger partial charge in [-0.25, -0.2) is 0 Å². The quantitative estimate of drug-likeness (QED) is 0.381. The van der Waals surface area contributed by atoms with Gasteiger partial charge in [0.05, 0.1) is 11.5 Å². The van der Waals surface area contributed by atoms with E-state index < -0.39 is 28.6 Å². The van der Waals surface area contributed by atoms with Gasteiger partial charge in [0.1, 0.15) is 5.92 Å². The molecule has 0 radical (unpaired) electrons. The van der Waals surface area contributed by atoms with E-state index in [1.807, 2.05) is 0 Å². The molecule has 2 atom stereocenters. The lowest BCUT2D eigenvalue weighted by atomic mass is 9.72. The molecule has 2 aliphatic rings. The van der Waals surface area contributed by atoms with Crippen molar-refractivity contribution in [2.75, 3.05) is 6.61 Å². The van der Waals surface area contributed by atoms with Crippen molar-refractivity contribution >= 4 is 23.3 Å². The molecule has 0 saturated heterocycles. The van der Waals surface area contributed by atoms with Gasteiger partial charge >= 0.3 is 5.97 Å². The van der Waals surface area contributed by atoms with Crippen LogP contribution in [0, 0.1) is 16.0 Å². The van der Waals surface area contributed by atoms with Crippen LogP contribution in [-0.2, 0) is 19.1 Å². The van der Waals surface area contributed by atoms with Gasteiger partial charge in [0, 0.05) is 35.7 Å². The maximum absolute atomic E-state index is 12.6. The summed E-state index contributed by atoms with van der Waals surface area (Å²) >= 11 is 0. The van der Waals surface area contributed by atoms with Gasteiger partial charge in [0.25, 0.3) is 5.69 Å². The molecular weight excluding hydrogens is 340 g/mol. The Labute approximate surface area is 149 Å². The summed E-state index contributed by atoms with van der Waals surface area (Å²) in [5.74, 6) is -3.58. The van der Waals surface area contributed by atoms with Crippen molar-refractivity contribution in [3.63, 3.8) is 0 Å². The Kier molecular flexibility index (Phi) is 4.83. The van der Waals surface area contributed by atoms with Crippen LogP contribution in [-0.4, -0.2) is 29.2 Å². The Bertz CT molecular complexity index is 829. The smallest absolute Gasteiger partial charge is 0.319 e. The maximum atomic E-state index is 12.6. The van der Waals surface area contributed by atoms with Crippen LogP contribution < -0.4 is 5.32 Å². The number of non-ortho nitro benzene ring substituents is 1. The van der Waals surface area contributed by atoms with Gasteiger partial charge in [-0.1, -0.05) is 12.1 Å². The average Bonchev–Trinajstić information content (AvgIpc) is 2.61. The molecule has 0 fully saturated rings. The summed E-state index contributed by atoms with van der Waals surface area (Å²) in [5.41, 5.74) is 1.08. The van der Waals surface area contributed by atoms with Crippen LogP contribution in [0.25, 0.3) is 0 Å². The molecular formula is C18H18N2O6. The average molecular weight is 358 g/mol. The Hall–Kier alpha value is -3.03. The fourth-order valence-corrected chi connectivity index (χ4v) is 3.56. The minimum Gasteiger partial charge on any atom is -0.465 e. The molecule has 1 amide bonds. The van der Waals surface area contributed by atoms with Crippen molar-refractivity contribution < 1.29 is 24.0 Å². The number of amides is 1. The minimum absolute atomic E-state index is 0.0874. The van der Waals surface area contributed by atoms with Crippen LogP contribution in [0.2, 0.25) is 0 Å². The highest BCUT2D eigenvalue weighted by Gasteiger charge is 2.46. The maximum Gasteiger partial charge on any atom is 0.319 e. The fraction of sp³-hybridized carbons (Fsp3) is 0.389. The summed E-state index contributed by atoms with van der Waals surface area (Å²) in [6.45, 7) is 1.71. The molecule has 1 heterocycles. The number of hydrogen-bond acceptors (Lipinski definition) is 6. The lowest BCUT2D eigenvalue weighted by molar-refractivity contribution is -0.384. The number of carbonyl (C=O) groups excluding carboxylic acids is 3. The van der Waals surface area contributed by atoms with Crippen LogP contribution in [0.5, 0.6) is 0 Å². The predicted molar refractivity (Wildman–Crippen MR) is 90.0 cm³/mol. The molecule has 3 rings (SSSR count). The molecule has 0 bridgehead atoms. The van der Waals surface area contributed by atoms with E-state index in [9.17, 15) is 24.5 Å². The normalized spacial score (nSPS) is 22.5. The zero-order valence-electron chi connectivity index (χ0n) is 14.2. The Balaban J connectivity index is 2.17. The minimum atomic E-state index is -1.25. The number of Topliss-reactive ketones (excluding diaryl/α,β-unsaturated/α-hetero) is 1. The molecule has 1 aliphatic heterocycles. The van der Waals surface area contributed by atoms with Crippen LogP contribution >= 0.6 is 0 Å². The van der Waals surface area contributed by atoms with Crippen LogP contribution in [0.15, 0.2) is 35.5 Å². The van der Waals surface area contributed by atoms with E-state index in [2.05, 4.69) is 5.32 Å². The molecule has 8 heteroatoms. The van der Waals surface area contributed by atoms with Gasteiger partial charge in [-0.3, -0.25) is 24.5 Å². The number of rotatable bonds is 4. The van der Waals surface area contributed by atoms with Gasteiger partial charge in [0.15, 0.2) is 5.78 Å². The molecule has 136 valence electrons. The van der Waals surface area contributed by atoms with Gasteiger partial charge < -0.3 is 10.1 Å². The number of benzene rings is 1. The third kappa shape index (κ3) is 3.10. The number of allylic oxidation sites excluding steroid dienone is 2. The summed E-state index contributed by atoms with van der Waals surface area (Å²) in [5, 5.41) is 13.8. The third-order valence-electron chi connectivity index (χ3n) is 4.64. The summed E-state index contributed by atoms with van der Waals surface area (Å²) in [6.07, 6.45) is 1.45. The first kappa shape index (κ1) is 17.8. The second-order valence-corrected chi connectivity index (χ2v) is 6.22. The largest absolute Gasteiger partial charge is 0.465 e. The van der Waals surface area contributed by atoms with Crippen molar-refractivity contribution in [2.45, 2.75) is 32.1 Å². The van der Waals surface area contributed by atoms with Crippen molar-refractivity contribution in [3.05, 3.63) is 51.2 Å². The van der Waals surface area contributed by atoms with E-state index in [4.69, 9.17) is 4.74 Å². The molecule has 0 aromatic heterocycles. The number of carbonyl (C=O) groups is 3. The van der Waals surface area contributed by atoms with Gasteiger partial charge in [-0.05, 0) is 25.3 Å². The van der Waals surface area contributed by atoms with Crippen molar-refractivity contribution in [2.24, 2.45) is 5.92 Å². The molecule has 1 aliphatic carbocycles. The first-order chi connectivity index (χ1) is 12.4. The summed E-state index contributed by atoms with van der Waals surface area (Å²) in [7, 11) is 0. The highest BCUT2D eigenvalue weighted by molar-refractivity contribution is 6.07. The number of esters is 1. The second-order valence-electron chi connectivity index (χ2n) is 6.22. The number of nitro benzene ring substituents is 1. The highest BCUT2D eigenvalue weighted by atomic mass is 16.6. The standard InChI is InChI=1S/C18H18N2O6/c1-2-26-18(23)16-14(10-5-3-6-11(9-10)20(24)25)15-12(19-17(16)22)7-4-8-13(15)21/h3,5-6,9,14,16H,2,4,7-8H2,1H3,(H,19,22). The lowest BCUT2D eigenvalue weighted by Gasteiger charge is -2.35. The molecule has 8 nitrogen and oxygen atoms in total. The Morgan fingerprint density at radius 3 is 2.81 bits per heavy atom. The number of ketones is 1. The first-order valence-corrected chi connectivity index (χ1v) is 8.42. The monoisotopic (exact) mass is 358 g/mol. The van der Waals surface area contributed by atoms with E-state index in [-0.39, 0.29) is 18.1 Å². The zero-order valence-corrected chi connectivity index (χ0v) is 14.2. The van der Waals surface area contributed by atoms with Gasteiger partial charge in [0.2, 0.25) is 5.91 Å². The lowest BCUT2D eigenvalue weighted by Crippen LogP contribution is -2.47. The SMILES string of the molecule is CCOC(=O)C1C(=O)NC2=C(C(=O)CCC2)C1c1cccc([N+](=O)[O-])c1. The molecule has 1 N–H and O–H groups in total. The number of hydrogen-bond donors (Lipinski definition) is 1. The van der Waals surface area contributed by atoms with Crippen LogP contribution in [0.1, 0.15) is 37.7 Å².